The molecule has 2 rings (SSSR count). The number of aryl methyl sites for hydroxylation is 1. The van der Waals surface area contributed by atoms with Crippen molar-refractivity contribution < 1.29 is 0 Å². The Morgan fingerprint density at radius 2 is 1.68 bits per heavy atom. The van der Waals surface area contributed by atoms with Crippen LogP contribution in [0.25, 0.3) is 0 Å². The number of hydrogen-bond donors (Lipinski definition) is 4. The molecule has 1 aromatic heterocycles. The standard InChI is InChI=1S/C13H18N6/c1-2-9-3-5-10(6-4-9)8-16-11-7-12(19-15)18-13(14)17-11/h3-7H,2,8,15H2,1H3,(H4,14,16,17,18,19). The van der Waals surface area contributed by atoms with E-state index in [0.29, 0.717) is 18.2 Å². The van der Waals surface area contributed by atoms with Crippen LogP contribution in [0.15, 0.2) is 30.3 Å². The number of aromatic nitrogens is 2. The van der Waals surface area contributed by atoms with Crippen LogP contribution in [0.2, 0.25) is 0 Å². The number of hydrogen-bond acceptors (Lipinski definition) is 6. The molecule has 0 saturated carbocycles. The zero-order valence-electron chi connectivity index (χ0n) is 10.9. The van der Waals surface area contributed by atoms with Crippen LogP contribution in [0.4, 0.5) is 17.6 Å². The average molecular weight is 258 g/mol. The molecule has 0 aliphatic carbocycles. The molecule has 6 N–H and O–H groups in total. The van der Waals surface area contributed by atoms with Gasteiger partial charge in [0.15, 0.2) is 0 Å². The molecule has 6 nitrogen and oxygen atoms in total. The highest BCUT2D eigenvalue weighted by Crippen LogP contribution is 2.13. The van der Waals surface area contributed by atoms with Gasteiger partial charge in [0.05, 0.1) is 0 Å². The molecule has 1 heterocycles. The van der Waals surface area contributed by atoms with Gasteiger partial charge in [0, 0.05) is 12.6 Å². The topological polar surface area (TPSA) is 102 Å². The van der Waals surface area contributed by atoms with Crippen LogP contribution in [0, 0.1) is 0 Å². The van der Waals surface area contributed by atoms with E-state index in [1.54, 1.807) is 6.07 Å². The predicted octanol–water partition coefficient (Wildman–Crippen LogP) is 1.52. The van der Waals surface area contributed by atoms with E-state index in [9.17, 15) is 0 Å². The molecule has 6 heteroatoms. The molecular formula is C13H18N6. The van der Waals surface area contributed by atoms with E-state index in [0.717, 1.165) is 6.42 Å². The summed E-state index contributed by atoms with van der Waals surface area (Å²) < 4.78 is 0. The molecule has 0 saturated heterocycles. The largest absolute Gasteiger partial charge is 0.368 e. The lowest BCUT2D eigenvalue weighted by Crippen LogP contribution is -2.12. The van der Waals surface area contributed by atoms with Crippen molar-refractivity contribution in [2.45, 2.75) is 19.9 Å². The Kier molecular flexibility index (Phi) is 4.15. The smallest absolute Gasteiger partial charge is 0.223 e. The van der Waals surface area contributed by atoms with Crippen LogP contribution in [0.5, 0.6) is 0 Å². The summed E-state index contributed by atoms with van der Waals surface area (Å²) in [7, 11) is 0. The summed E-state index contributed by atoms with van der Waals surface area (Å²) in [6.07, 6.45) is 1.04. The Balaban J connectivity index is 2.03. The highest BCUT2D eigenvalue weighted by atomic mass is 15.3. The second kappa shape index (κ2) is 6.01. The van der Waals surface area contributed by atoms with Gasteiger partial charge in [0.25, 0.3) is 0 Å². The quantitative estimate of drug-likeness (QED) is 0.479. The minimum Gasteiger partial charge on any atom is -0.368 e. The Labute approximate surface area is 112 Å². The molecule has 19 heavy (non-hydrogen) atoms. The number of nitrogens with two attached hydrogens (primary N) is 2. The first-order chi connectivity index (χ1) is 9.21. The zero-order chi connectivity index (χ0) is 13.7. The molecule has 0 atom stereocenters. The van der Waals surface area contributed by atoms with Gasteiger partial charge < -0.3 is 16.5 Å². The van der Waals surface area contributed by atoms with Crippen molar-refractivity contribution in [3.8, 4) is 0 Å². The van der Waals surface area contributed by atoms with Crippen molar-refractivity contribution in [2.75, 3.05) is 16.5 Å². The Bertz CT molecular complexity index is 537. The number of nitrogen functional groups attached to an aromatic ring is 2. The van der Waals surface area contributed by atoms with E-state index in [-0.39, 0.29) is 5.95 Å². The van der Waals surface area contributed by atoms with Crippen LogP contribution < -0.4 is 22.3 Å². The van der Waals surface area contributed by atoms with Crippen LogP contribution in [0.3, 0.4) is 0 Å². The molecule has 100 valence electrons. The van der Waals surface area contributed by atoms with E-state index < -0.39 is 0 Å². The van der Waals surface area contributed by atoms with E-state index >= 15 is 0 Å². The Hall–Kier alpha value is -2.34. The third kappa shape index (κ3) is 3.56. The minimum absolute atomic E-state index is 0.180. The van der Waals surface area contributed by atoms with E-state index in [1.807, 2.05) is 0 Å². The molecule has 0 bridgehead atoms. The molecular weight excluding hydrogens is 240 g/mol. The van der Waals surface area contributed by atoms with Gasteiger partial charge in [-0.05, 0) is 17.5 Å². The van der Waals surface area contributed by atoms with Gasteiger partial charge in [0.2, 0.25) is 5.95 Å². The number of benzene rings is 1. The molecule has 0 aliphatic rings. The monoisotopic (exact) mass is 258 g/mol. The van der Waals surface area contributed by atoms with Crippen LogP contribution in [-0.4, -0.2) is 9.97 Å². The zero-order valence-corrected chi connectivity index (χ0v) is 10.9. The van der Waals surface area contributed by atoms with Gasteiger partial charge >= 0.3 is 0 Å². The van der Waals surface area contributed by atoms with Crippen molar-refractivity contribution in [3.05, 3.63) is 41.5 Å². The fourth-order valence-electron chi connectivity index (χ4n) is 1.72. The van der Waals surface area contributed by atoms with Crippen LogP contribution in [-0.2, 0) is 13.0 Å². The maximum absolute atomic E-state index is 5.58. The third-order valence-electron chi connectivity index (χ3n) is 2.80. The van der Waals surface area contributed by atoms with Gasteiger partial charge in [0.1, 0.15) is 11.6 Å². The lowest BCUT2D eigenvalue weighted by molar-refractivity contribution is 1.07. The molecule has 0 fully saturated rings. The number of rotatable bonds is 5. The second-order valence-corrected chi connectivity index (χ2v) is 4.16. The number of nitrogens with one attached hydrogen (secondary N) is 2. The predicted molar refractivity (Wildman–Crippen MR) is 77.4 cm³/mol. The van der Waals surface area contributed by atoms with E-state index in [4.69, 9.17) is 11.6 Å². The van der Waals surface area contributed by atoms with Crippen molar-refractivity contribution in [2.24, 2.45) is 5.84 Å². The normalized spacial score (nSPS) is 10.2. The maximum Gasteiger partial charge on any atom is 0.223 e. The molecule has 0 spiro atoms. The number of anilines is 3. The minimum atomic E-state index is 0.180. The van der Waals surface area contributed by atoms with Gasteiger partial charge in [-0.15, -0.1) is 0 Å². The Morgan fingerprint density at radius 1 is 1.05 bits per heavy atom. The SMILES string of the molecule is CCc1ccc(CNc2cc(NN)nc(N)n2)cc1. The van der Waals surface area contributed by atoms with Crippen molar-refractivity contribution >= 4 is 17.6 Å². The van der Waals surface area contributed by atoms with Gasteiger partial charge in [-0.25, -0.2) is 5.84 Å². The molecule has 0 aliphatic heterocycles. The Morgan fingerprint density at radius 3 is 2.32 bits per heavy atom. The molecule has 2 aromatic rings. The fourth-order valence-corrected chi connectivity index (χ4v) is 1.72. The summed E-state index contributed by atoms with van der Waals surface area (Å²) in [4.78, 5) is 8.01. The number of nitrogens with zero attached hydrogens (tertiary/aromatic N) is 2. The summed E-state index contributed by atoms with van der Waals surface area (Å²) in [5.74, 6) is 6.60. The van der Waals surface area contributed by atoms with Crippen molar-refractivity contribution in [1.82, 2.24) is 9.97 Å². The average Bonchev–Trinajstić information content (AvgIpc) is 2.45. The van der Waals surface area contributed by atoms with E-state index in [1.165, 1.54) is 11.1 Å². The highest BCUT2D eigenvalue weighted by molar-refractivity contribution is 5.50. The maximum atomic E-state index is 5.58. The fraction of sp³-hybridized carbons (Fsp3) is 0.231. The first kappa shape index (κ1) is 13.1. The van der Waals surface area contributed by atoms with Gasteiger partial charge in [-0.3, -0.25) is 0 Å². The lowest BCUT2D eigenvalue weighted by atomic mass is 10.1. The van der Waals surface area contributed by atoms with Crippen LogP contribution >= 0.6 is 0 Å². The highest BCUT2D eigenvalue weighted by Gasteiger charge is 2.01. The summed E-state index contributed by atoms with van der Waals surface area (Å²) in [6.45, 7) is 2.81. The van der Waals surface area contributed by atoms with Crippen molar-refractivity contribution in [3.63, 3.8) is 0 Å². The second-order valence-electron chi connectivity index (χ2n) is 4.16. The summed E-state index contributed by atoms with van der Waals surface area (Å²) >= 11 is 0. The summed E-state index contributed by atoms with van der Waals surface area (Å²) in [6, 6.07) is 10.1. The first-order valence-corrected chi connectivity index (χ1v) is 6.14. The first-order valence-electron chi connectivity index (χ1n) is 6.14. The van der Waals surface area contributed by atoms with Gasteiger partial charge in [-0.1, -0.05) is 31.2 Å². The molecule has 0 unspecified atom stereocenters. The van der Waals surface area contributed by atoms with Crippen molar-refractivity contribution in [1.29, 1.82) is 0 Å². The summed E-state index contributed by atoms with van der Waals surface area (Å²) in [5, 5.41) is 3.19. The molecule has 1 aromatic carbocycles. The van der Waals surface area contributed by atoms with E-state index in [2.05, 4.69) is 51.9 Å². The van der Waals surface area contributed by atoms with Crippen LogP contribution in [0.1, 0.15) is 18.1 Å². The third-order valence-corrected chi connectivity index (χ3v) is 2.80. The van der Waals surface area contributed by atoms with Gasteiger partial charge in [-0.2, -0.15) is 9.97 Å². The number of hydrazine groups is 1. The summed E-state index contributed by atoms with van der Waals surface area (Å²) in [5.41, 5.74) is 10.5. The molecule has 0 radical (unpaired) electrons. The molecule has 0 amide bonds. The lowest BCUT2D eigenvalue weighted by Gasteiger charge is -2.08.